The summed E-state index contributed by atoms with van der Waals surface area (Å²) in [6.07, 6.45) is 1.87. The van der Waals surface area contributed by atoms with Gasteiger partial charge >= 0.3 is 0 Å². The van der Waals surface area contributed by atoms with Gasteiger partial charge in [-0.3, -0.25) is 4.79 Å². The lowest BCUT2D eigenvalue weighted by molar-refractivity contribution is -0.0942. The van der Waals surface area contributed by atoms with Crippen molar-refractivity contribution >= 4 is 11.7 Å². The van der Waals surface area contributed by atoms with Crippen LogP contribution in [0.5, 0.6) is 0 Å². The molecule has 5 nitrogen and oxygen atoms in total. The summed E-state index contributed by atoms with van der Waals surface area (Å²) < 4.78 is 5.42. The number of amides is 1. The first-order valence-corrected chi connectivity index (χ1v) is 7.44. The maximum Gasteiger partial charge on any atom is 0.251 e. The molecule has 1 saturated carbocycles. The number of carbonyl (C=O) groups excluding carboxylic acids is 1. The van der Waals surface area contributed by atoms with E-state index >= 15 is 0 Å². The van der Waals surface area contributed by atoms with Gasteiger partial charge in [-0.15, -0.1) is 0 Å². The van der Waals surface area contributed by atoms with Gasteiger partial charge < -0.3 is 15.4 Å². The third-order valence-electron chi connectivity index (χ3n) is 4.53. The number of carbonyl (C=O) groups is 1. The van der Waals surface area contributed by atoms with E-state index in [-0.39, 0.29) is 23.5 Å². The fourth-order valence-electron chi connectivity index (χ4n) is 2.80. The Hall–Kier alpha value is -1.62. The Kier molecular flexibility index (Phi) is 4.52. The van der Waals surface area contributed by atoms with Crippen molar-refractivity contribution in [1.29, 1.82) is 0 Å². The van der Waals surface area contributed by atoms with E-state index in [1.54, 1.807) is 13.2 Å². The molecule has 2 unspecified atom stereocenters. The first-order valence-electron chi connectivity index (χ1n) is 7.44. The van der Waals surface area contributed by atoms with E-state index in [0.717, 1.165) is 24.4 Å². The van der Waals surface area contributed by atoms with Gasteiger partial charge in [0.15, 0.2) is 0 Å². The molecule has 0 radical (unpaired) electrons. The largest absolute Gasteiger partial charge is 0.381 e. The summed E-state index contributed by atoms with van der Waals surface area (Å²) in [7, 11) is 3.53. The van der Waals surface area contributed by atoms with Gasteiger partial charge in [0.25, 0.3) is 5.91 Å². The molecule has 0 bridgehead atoms. The molecule has 1 aliphatic carbocycles. The molecule has 1 amide bonds. The molecule has 1 aromatic rings. The minimum atomic E-state index is -0.0452. The van der Waals surface area contributed by atoms with E-state index in [1.807, 2.05) is 20.0 Å². The lowest BCUT2D eigenvalue weighted by Gasteiger charge is -2.51. The zero-order chi connectivity index (χ0) is 15.6. The molecule has 0 saturated heterocycles. The molecular formula is C16H25N3O2. The van der Waals surface area contributed by atoms with Crippen molar-refractivity contribution in [3.05, 3.63) is 23.4 Å². The molecule has 0 aromatic carbocycles. The van der Waals surface area contributed by atoms with Crippen LogP contribution in [0, 0.1) is 5.41 Å². The van der Waals surface area contributed by atoms with Crippen LogP contribution in [0.25, 0.3) is 0 Å². The van der Waals surface area contributed by atoms with Crippen LogP contribution < -0.4 is 10.6 Å². The number of aromatic nitrogens is 1. The number of nitrogens with one attached hydrogen (secondary N) is 2. The number of aryl methyl sites for hydroxylation is 1. The van der Waals surface area contributed by atoms with E-state index in [4.69, 9.17) is 4.74 Å². The van der Waals surface area contributed by atoms with Crippen molar-refractivity contribution < 1.29 is 9.53 Å². The van der Waals surface area contributed by atoms with E-state index in [9.17, 15) is 4.79 Å². The number of anilines is 1. The van der Waals surface area contributed by atoms with Gasteiger partial charge in [-0.1, -0.05) is 20.8 Å². The van der Waals surface area contributed by atoms with Gasteiger partial charge in [0, 0.05) is 36.9 Å². The number of methoxy groups -OCH3 is 1. The van der Waals surface area contributed by atoms with Crippen LogP contribution >= 0.6 is 0 Å². The maximum absolute atomic E-state index is 12.5. The van der Waals surface area contributed by atoms with E-state index in [2.05, 4.69) is 29.5 Å². The van der Waals surface area contributed by atoms with Gasteiger partial charge in [-0.05, 0) is 25.0 Å². The zero-order valence-corrected chi connectivity index (χ0v) is 13.5. The normalized spacial score (nSPS) is 23.3. The van der Waals surface area contributed by atoms with E-state index < -0.39 is 0 Å². The number of pyridine rings is 1. The Bertz CT molecular complexity index is 506. The third kappa shape index (κ3) is 3.02. The van der Waals surface area contributed by atoms with E-state index in [1.165, 1.54) is 0 Å². The summed E-state index contributed by atoms with van der Waals surface area (Å²) in [6, 6.07) is 3.79. The predicted molar refractivity (Wildman–Crippen MR) is 83.6 cm³/mol. The highest BCUT2D eigenvalue weighted by Gasteiger charge is 2.49. The topological polar surface area (TPSA) is 63.2 Å². The fourth-order valence-corrected chi connectivity index (χ4v) is 2.80. The van der Waals surface area contributed by atoms with Gasteiger partial charge in [-0.25, -0.2) is 4.98 Å². The average molecular weight is 291 g/mol. The molecule has 2 N–H and O–H groups in total. The molecule has 2 rings (SSSR count). The summed E-state index contributed by atoms with van der Waals surface area (Å²) in [6.45, 7) is 6.28. The molecule has 1 aromatic heterocycles. The Morgan fingerprint density at radius 2 is 2.19 bits per heavy atom. The lowest BCUT2D eigenvalue weighted by atomic mass is 9.64. The zero-order valence-electron chi connectivity index (χ0n) is 13.5. The van der Waals surface area contributed by atoms with Gasteiger partial charge in [-0.2, -0.15) is 0 Å². The summed E-state index contributed by atoms with van der Waals surface area (Å²) in [4.78, 5) is 16.9. The lowest BCUT2D eigenvalue weighted by Crippen LogP contribution is -2.61. The Morgan fingerprint density at radius 3 is 2.71 bits per heavy atom. The fraction of sp³-hybridized carbons (Fsp3) is 0.625. The number of rotatable bonds is 5. The van der Waals surface area contributed by atoms with Crippen LogP contribution in [0.15, 0.2) is 12.1 Å². The molecule has 116 valence electrons. The monoisotopic (exact) mass is 291 g/mol. The number of nitrogens with zero attached hydrogens (tertiary/aromatic N) is 1. The minimum Gasteiger partial charge on any atom is -0.381 e. The molecule has 1 heterocycles. The van der Waals surface area contributed by atoms with Crippen molar-refractivity contribution in [3.8, 4) is 0 Å². The molecule has 21 heavy (non-hydrogen) atoms. The quantitative estimate of drug-likeness (QED) is 0.873. The molecule has 1 aliphatic rings. The highest BCUT2D eigenvalue weighted by Crippen LogP contribution is 2.42. The second-order valence-corrected chi connectivity index (χ2v) is 6.14. The Balaban J connectivity index is 2.11. The van der Waals surface area contributed by atoms with Gasteiger partial charge in [0.05, 0.1) is 6.10 Å². The third-order valence-corrected chi connectivity index (χ3v) is 4.53. The SMILES string of the molecule is CCc1cc(C(=O)NC2CC(OC)C2(C)C)cc(NC)n1. The van der Waals surface area contributed by atoms with Crippen LogP contribution in [-0.2, 0) is 11.2 Å². The second kappa shape index (κ2) is 6.02. The number of hydrogen-bond acceptors (Lipinski definition) is 4. The van der Waals surface area contributed by atoms with Crippen LogP contribution in [-0.4, -0.2) is 37.2 Å². The average Bonchev–Trinajstić information content (AvgIpc) is 2.49. The summed E-state index contributed by atoms with van der Waals surface area (Å²) >= 11 is 0. The Morgan fingerprint density at radius 1 is 1.48 bits per heavy atom. The first-order chi connectivity index (χ1) is 9.92. The molecule has 5 heteroatoms. The second-order valence-electron chi connectivity index (χ2n) is 6.14. The highest BCUT2D eigenvalue weighted by atomic mass is 16.5. The molecular weight excluding hydrogens is 266 g/mol. The van der Waals surface area contributed by atoms with Crippen molar-refractivity contribution in [3.63, 3.8) is 0 Å². The van der Waals surface area contributed by atoms with Crippen molar-refractivity contribution in [2.45, 2.75) is 45.8 Å². The van der Waals surface area contributed by atoms with Gasteiger partial charge in [0.2, 0.25) is 0 Å². The van der Waals surface area contributed by atoms with Crippen molar-refractivity contribution in [1.82, 2.24) is 10.3 Å². The number of ether oxygens (including phenoxy) is 1. The van der Waals surface area contributed by atoms with E-state index in [0.29, 0.717) is 5.56 Å². The maximum atomic E-state index is 12.5. The van der Waals surface area contributed by atoms with Crippen LogP contribution in [0.1, 0.15) is 43.2 Å². The van der Waals surface area contributed by atoms with Crippen molar-refractivity contribution in [2.75, 3.05) is 19.5 Å². The predicted octanol–water partition coefficient (Wildman–Crippen LogP) is 2.23. The first kappa shape index (κ1) is 15.8. The molecule has 0 spiro atoms. The van der Waals surface area contributed by atoms with Crippen LogP contribution in [0.4, 0.5) is 5.82 Å². The smallest absolute Gasteiger partial charge is 0.251 e. The number of hydrogen-bond donors (Lipinski definition) is 2. The standard InChI is InChI=1S/C16H25N3O2/c1-6-11-7-10(8-14(17-4)18-11)15(20)19-12-9-13(21-5)16(12,2)3/h7-8,12-13H,6,9H2,1-5H3,(H,17,18)(H,19,20). The summed E-state index contributed by atoms with van der Waals surface area (Å²) in [5.74, 6) is 0.679. The van der Waals surface area contributed by atoms with Crippen LogP contribution in [0.3, 0.4) is 0 Å². The Labute approximate surface area is 126 Å². The highest BCUT2D eigenvalue weighted by molar-refractivity contribution is 5.95. The summed E-state index contributed by atoms with van der Waals surface area (Å²) in [5.41, 5.74) is 1.54. The summed E-state index contributed by atoms with van der Waals surface area (Å²) in [5, 5.41) is 6.11. The van der Waals surface area contributed by atoms with Gasteiger partial charge in [0.1, 0.15) is 5.82 Å². The molecule has 0 aliphatic heterocycles. The van der Waals surface area contributed by atoms with Crippen LogP contribution in [0.2, 0.25) is 0 Å². The minimum absolute atomic E-state index is 0.0309. The van der Waals surface area contributed by atoms with Crippen molar-refractivity contribution in [2.24, 2.45) is 5.41 Å². The molecule has 1 fully saturated rings. The molecule has 2 atom stereocenters.